The van der Waals surface area contributed by atoms with Crippen LogP contribution < -0.4 is 0 Å². The van der Waals surface area contributed by atoms with Gasteiger partial charge in [0.15, 0.2) is 0 Å². The highest BCUT2D eigenvalue weighted by Gasteiger charge is 2.15. The Bertz CT molecular complexity index is 662. The Morgan fingerprint density at radius 1 is 1.00 bits per heavy atom. The topological polar surface area (TPSA) is 46.1 Å². The van der Waals surface area contributed by atoms with Crippen molar-refractivity contribution in [3.8, 4) is 11.3 Å². The second-order valence-corrected chi connectivity index (χ2v) is 7.20. The minimum absolute atomic E-state index is 0.214. The number of hydrogen-bond acceptors (Lipinski definition) is 4. The van der Waals surface area contributed by atoms with Crippen LogP contribution in [0.2, 0.25) is 0 Å². The van der Waals surface area contributed by atoms with E-state index < -0.39 is 0 Å². The summed E-state index contributed by atoms with van der Waals surface area (Å²) in [6.45, 7) is 3.87. The van der Waals surface area contributed by atoms with Gasteiger partial charge in [0.25, 0.3) is 0 Å². The summed E-state index contributed by atoms with van der Waals surface area (Å²) in [6.07, 6.45) is 4.73. The van der Waals surface area contributed by atoms with E-state index in [0.29, 0.717) is 5.75 Å². The minimum atomic E-state index is 0.214. The highest BCUT2D eigenvalue weighted by molar-refractivity contribution is 7.99. The molecule has 1 aromatic heterocycles. The third-order valence-electron chi connectivity index (χ3n) is 4.29. The largest absolute Gasteiger partial charge is 0.342 e. The van der Waals surface area contributed by atoms with E-state index in [1.54, 1.807) is 0 Å². The fourth-order valence-corrected chi connectivity index (χ4v) is 3.54. The molecule has 0 radical (unpaired) electrons. The van der Waals surface area contributed by atoms with Gasteiger partial charge < -0.3 is 4.90 Å². The van der Waals surface area contributed by atoms with Gasteiger partial charge in [0.1, 0.15) is 5.03 Å². The van der Waals surface area contributed by atoms with Gasteiger partial charge in [0, 0.05) is 18.7 Å². The quantitative estimate of drug-likeness (QED) is 0.790. The van der Waals surface area contributed by atoms with Crippen molar-refractivity contribution < 1.29 is 4.79 Å². The van der Waals surface area contributed by atoms with Crippen LogP contribution in [-0.4, -0.2) is 39.8 Å². The Morgan fingerprint density at radius 2 is 1.71 bits per heavy atom. The molecular weight excluding hydrogens is 318 g/mol. The molecule has 24 heavy (non-hydrogen) atoms. The fourth-order valence-electron chi connectivity index (χ4n) is 2.82. The monoisotopic (exact) mass is 341 g/mol. The summed E-state index contributed by atoms with van der Waals surface area (Å²) >= 11 is 1.47. The zero-order chi connectivity index (χ0) is 16.8. The summed E-state index contributed by atoms with van der Waals surface area (Å²) in [7, 11) is 0. The Kier molecular flexibility index (Phi) is 5.86. The highest BCUT2D eigenvalue weighted by atomic mass is 32.2. The number of nitrogens with zero attached hydrogens (tertiary/aromatic N) is 3. The Balaban J connectivity index is 1.56. The molecule has 4 nitrogen and oxygen atoms in total. The normalized spacial score (nSPS) is 15.1. The van der Waals surface area contributed by atoms with E-state index in [0.717, 1.165) is 42.2 Å². The lowest BCUT2D eigenvalue weighted by Crippen LogP contribution is -2.33. The number of aromatic nitrogens is 2. The van der Waals surface area contributed by atoms with Crippen LogP contribution in [0.1, 0.15) is 31.2 Å². The molecule has 3 rings (SSSR count). The molecular formula is C19H23N3OS. The minimum Gasteiger partial charge on any atom is -0.342 e. The zero-order valence-electron chi connectivity index (χ0n) is 14.1. The number of likely N-dealkylation sites (tertiary alicyclic amines) is 1. The molecule has 2 heterocycles. The maximum absolute atomic E-state index is 12.3. The molecule has 0 N–H and O–H groups in total. The summed E-state index contributed by atoms with van der Waals surface area (Å²) in [5.41, 5.74) is 3.15. The third-order valence-corrected chi connectivity index (χ3v) is 5.19. The molecule has 1 fully saturated rings. The smallest absolute Gasteiger partial charge is 0.232 e. The van der Waals surface area contributed by atoms with Crippen molar-refractivity contribution in [3.63, 3.8) is 0 Å². The van der Waals surface area contributed by atoms with Crippen LogP contribution in [0.5, 0.6) is 0 Å². The van der Waals surface area contributed by atoms with Crippen LogP contribution in [-0.2, 0) is 4.79 Å². The number of carbonyl (C=O) groups is 1. The average molecular weight is 341 g/mol. The standard InChI is InChI=1S/C19H23N3OS/c1-15-6-8-16(9-7-15)17-10-11-18(21-20-17)24-14-19(23)22-12-4-2-3-5-13-22/h6-11H,2-5,12-14H2,1H3. The molecule has 1 aliphatic rings. The first-order valence-corrected chi connectivity index (χ1v) is 9.52. The molecule has 0 spiro atoms. The lowest BCUT2D eigenvalue weighted by molar-refractivity contribution is -0.128. The van der Waals surface area contributed by atoms with Gasteiger partial charge in [-0.25, -0.2) is 0 Å². The van der Waals surface area contributed by atoms with E-state index in [4.69, 9.17) is 0 Å². The molecule has 126 valence electrons. The molecule has 1 amide bonds. The van der Waals surface area contributed by atoms with Crippen molar-refractivity contribution in [3.05, 3.63) is 42.0 Å². The summed E-state index contributed by atoms with van der Waals surface area (Å²) in [5, 5.41) is 9.34. The average Bonchev–Trinajstić information content (AvgIpc) is 2.90. The van der Waals surface area contributed by atoms with Crippen molar-refractivity contribution in [1.29, 1.82) is 0 Å². The Morgan fingerprint density at radius 3 is 2.33 bits per heavy atom. The van der Waals surface area contributed by atoms with Gasteiger partial charge in [-0.05, 0) is 31.9 Å². The van der Waals surface area contributed by atoms with Gasteiger partial charge in [-0.3, -0.25) is 4.79 Å². The van der Waals surface area contributed by atoms with E-state index in [2.05, 4.69) is 41.4 Å². The first-order chi connectivity index (χ1) is 11.7. The van der Waals surface area contributed by atoms with Gasteiger partial charge >= 0.3 is 0 Å². The molecule has 2 aromatic rings. The molecule has 1 aromatic carbocycles. The zero-order valence-corrected chi connectivity index (χ0v) is 14.9. The number of rotatable bonds is 4. The maximum atomic E-state index is 12.3. The summed E-state index contributed by atoms with van der Waals surface area (Å²) < 4.78 is 0. The van der Waals surface area contributed by atoms with Crippen LogP contribution in [0, 0.1) is 6.92 Å². The Labute approximate surface area is 147 Å². The number of hydrogen-bond donors (Lipinski definition) is 0. The van der Waals surface area contributed by atoms with Gasteiger partial charge in [-0.2, -0.15) is 0 Å². The summed E-state index contributed by atoms with van der Waals surface area (Å²) in [6, 6.07) is 12.2. The van der Waals surface area contributed by atoms with E-state index in [1.807, 2.05) is 17.0 Å². The van der Waals surface area contributed by atoms with Gasteiger partial charge in [0.05, 0.1) is 11.4 Å². The predicted octanol–water partition coefficient (Wildman–Crippen LogP) is 3.95. The fraction of sp³-hybridized carbons (Fsp3) is 0.421. The number of aryl methyl sites for hydroxylation is 1. The maximum Gasteiger partial charge on any atom is 0.232 e. The first kappa shape index (κ1) is 17.0. The summed E-state index contributed by atoms with van der Waals surface area (Å²) in [5.74, 6) is 0.657. The number of thioether (sulfide) groups is 1. The highest BCUT2D eigenvalue weighted by Crippen LogP contribution is 2.21. The van der Waals surface area contributed by atoms with Crippen LogP contribution >= 0.6 is 11.8 Å². The van der Waals surface area contributed by atoms with Crippen LogP contribution in [0.4, 0.5) is 0 Å². The summed E-state index contributed by atoms with van der Waals surface area (Å²) in [4.78, 5) is 14.3. The van der Waals surface area contributed by atoms with E-state index in [1.165, 1.54) is 30.2 Å². The van der Waals surface area contributed by atoms with E-state index in [-0.39, 0.29) is 5.91 Å². The molecule has 0 unspecified atom stereocenters. The molecule has 0 aliphatic carbocycles. The lowest BCUT2D eigenvalue weighted by atomic mass is 10.1. The van der Waals surface area contributed by atoms with Gasteiger partial charge in [-0.1, -0.05) is 54.4 Å². The van der Waals surface area contributed by atoms with Crippen LogP contribution in [0.25, 0.3) is 11.3 Å². The first-order valence-electron chi connectivity index (χ1n) is 8.54. The van der Waals surface area contributed by atoms with E-state index in [9.17, 15) is 4.79 Å². The van der Waals surface area contributed by atoms with Crippen molar-refractivity contribution in [2.75, 3.05) is 18.8 Å². The van der Waals surface area contributed by atoms with Crippen LogP contribution in [0.15, 0.2) is 41.4 Å². The number of carbonyl (C=O) groups excluding carboxylic acids is 1. The van der Waals surface area contributed by atoms with Gasteiger partial charge in [-0.15, -0.1) is 10.2 Å². The predicted molar refractivity (Wildman–Crippen MR) is 98.0 cm³/mol. The molecule has 0 bridgehead atoms. The molecule has 0 atom stereocenters. The van der Waals surface area contributed by atoms with Crippen molar-refractivity contribution in [2.24, 2.45) is 0 Å². The number of benzene rings is 1. The van der Waals surface area contributed by atoms with Crippen molar-refractivity contribution in [1.82, 2.24) is 15.1 Å². The molecule has 1 saturated heterocycles. The molecule has 5 heteroatoms. The second kappa shape index (κ2) is 8.29. The van der Waals surface area contributed by atoms with Crippen LogP contribution in [0.3, 0.4) is 0 Å². The lowest BCUT2D eigenvalue weighted by Gasteiger charge is -2.19. The van der Waals surface area contributed by atoms with Gasteiger partial charge in [0.2, 0.25) is 5.91 Å². The third kappa shape index (κ3) is 4.57. The molecule has 1 aliphatic heterocycles. The number of amides is 1. The van der Waals surface area contributed by atoms with Crippen molar-refractivity contribution >= 4 is 17.7 Å². The Hall–Kier alpha value is -1.88. The SMILES string of the molecule is Cc1ccc(-c2ccc(SCC(=O)N3CCCCCC3)nn2)cc1. The van der Waals surface area contributed by atoms with Crippen molar-refractivity contribution in [2.45, 2.75) is 37.6 Å². The van der Waals surface area contributed by atoms with E-state index >= 15 is 0 Å². The molecule has 0 saturated carbocycles. The second-order valence-electron chi connectivity index (χ2n) is 6.21.